The Bertz CT molecular complexity index is 799. The van der Waals surface area contributed by atoms with Crippen molar-refractivity contribution in [2.45, 2.75) is 12.6 Å². The van der Waals surface area contributed by atoms with Gasteiger partial charge in [0, 0.05) is 13.3 Å². The van der Waals surface area contributed by atoms with Gasteiger partial charge in [-0.3, -0.25) is 4.79 Å². The van der Waals surface area contributed by atoms with Crippen LogP contribution in [0.1, 0.15) is 31.8 Å². The number of rotatable bonds is 5. The molecule has 1 unspecified atom stereocenters. The van der Waals surface area contributed by atoms with Gasteiger partial charge in [0.2, 0.25) is 0 Å². The average Bonchev–Trinajstić information content (AvgIpc) is 3.24. The monoisotopic (exact) mass is 455 g/mol. The number of aliphatic hydroxyl groups is 1. The van der Waals surface area contributed by atoms with Crippen molar-refractivity contribution in [1.82, 2.24) is 5.32 Å². The van der Waals surface area contributed by atoms with Gasteiger partial charge in [0.25, 0.3) is 5.91 Å². The van der Waals surface area contributed by atoms with Gasteiger partial charge in [-0.1, -0.05) is 12.1 Å². The Hall–Kier alpha value is -1.22. The Morgan fingerprint density at radius 1 is 1.22 bits per heavy atom. The molecule has 1 amide bonds. The van der Waals surface area contributed by atoms with Gasteiger partial charge in [-0.2, -0.15) is 11.3 Å². The number of carbonyl (C=O) groups is 1. The molecule has 0 radical (unpaired) electrons. The predicted octanol–water partition coefficient (Wildman–Crippen LogP) is 4.43. The SMILES string of the molecule is O=C(NCc1ccc(C(O)c2ccsc2)s1)c1ccccc1I. The molecule has 1 atom stereocenters. The number of amides is 1. The number of benzene rings is 1. The molecule has 23 heavy (non-hydrogen) atoms. The highest BCUT2D eigenvalue weighted by Crippen LogP contribution is 2.29. The van der Waals surface area contributed by atoms with E-state index in [1.165, 1.54) is 11.3 Å². The summed E-state index contributed by atoms with van der Waals surface area (Å²) in [6.45, 7) is 0.463. The fourth-order valence-corrected chi connectivity index (χ4v) is 4.42. The Morgan fingerprint density at radius 2 is 2.04 bits per heavy atom. The quantitative estimate of drug-likeness (QED) is 0.560. The molecule has 0 spiro atoms. The second-order valence-corrected chi connectivity index (χ2v) is 8.07. The van der Waals surface area contributed by atoms with E-state index in [0.717, 1.165) is 18.9 Å². The van der Waals surface area contributed by atoms with Crippen LogP contribution < -0.4 is 5.32 Å². The van der Waals surface area contributed by atoms with Crippen molar-refractivity contribution in [2.24, 2.45) is 0 Å². The molecular weight excluding hydrogens is 441 g/mol. The smallest absolute Gasteiger partial charge is 0.252 e. The van der Waals surface area contributed by atoms with Crippen molar-refractivity contribution in [2.75, 3.05) is 0 Å². The second-order valence-electron chi connectivity index (χ2n) is 4.93. The maximum Gasteiger partial charge on any atom is 0.252 e. The van der Waals surface area contributed by atoms with E-state index in [-0.39, 0.29) is 5.91 Å². The van der Waals surface area contributed by atoms with E-state index >= 15 is 0 Å². The molecule has 3 aromatic rings. The number of halogens is 1. The van der Waals surface area contributed by atoms with Crippen LogP contribution in [0.15, 0.2) is 53.2 Å². The molecule has 0 bridgehead atoms. The Morgan fingerprint density at radius 3 is 2.78 bits per heavy atom. The fourth-order valence-electron chi connectivity index (χ4n) is 2.14. The van der Waals surface area contributed by atoms with Gasteiger partial charge in [0.1, 0.15) is 6.10 Å². The highest BCUT2D eigenvalue weighted by Gasteiger charge is 2.14. The summed E-state index contributed by atoms with van der Waals surface area (Å²) in [6, 6.07) is 13.3. The van der Waals surface area contributed by atoms with Crippen molar-refractivity contribution in [3.8, 4) is 0 Å². The van der Waals surface area contributed by atoms with Crippen LogP contribution in [0.3, 0.4) is 0 Å². The summed E-state index contributed by atoms with van der Waals surface area (Å²) in [5.41, 5.74) is 1.59. The lowest BCUT2D eigenvalue weighted by Gasteiger charge is -2.06. The largest absolute Gasteiger partial charge is 0.383 e. The first kappa shape index (κ1) is 16.6. The van der Waals surface area contributed by atoms with E-state index in [1.807, 2.05) is 53.2 Å². The minimum Gasteiger partial charge on any atom is -0.383 e. The summed E-state index contributed by atoms with van der Waals surface area (Å²) in [4.78, 5) is 14.1. The zero-order valence-corrected chi connectivity index (χ0v) is 15.8. The summed E-state index contributed by atoms with van der Waals surface area (Å²) < 4.78 is 0.933. The number of hydrogen-bond acceptors (Lipinski definition) is 4. The number of thiophene rings is 2. The molecule has 6 heteroatoms. The van der Waals surface area contributed by atoms with Crippen molar-refractivity contribution in [3.05, 3.63) is 77.7 Å². The minimum atomic E-state index is -0.592. The van der Waals surface area contributed by atoms with E-state index in [2.05, 4.69) is 27.9 Å². The van der Waals surface area contributed by atoms with Crippen molar-refractivity contribution < 1.29 is 9.90 Å². The van der Waals surface area contributed by atoms with Crippen molar-refractivity contribution in [3.63, 3.8) is 0 Å². The van der Waals surface area contributed by atoms with E-state index in [4.69, 9.17) is 0 Å². The molecule has 3 nitrogen and oxygen atoms in total. The lowest BCUT2D eigenvalue weighted by atomic mass is 10.2. The fraction of sp³-hybridized carbons (Fsp3) is 0.118. The third kappa shape index (κ3) is 4.00. The van der Waals surface area contributed by atoms with E-state index in [0.29, 0.717) is 12.1 Å². The van der Waals surface area contributed by atoms with Crippen LogP contribution in [0.4, 0.5) is 0 Å². The molecule has 0 aliphatic heterocycles. The van der Waals surface area contributed by atoms with Gasteiger partial charge in [-0.15, -0.1) is 11.3 Å². The lowest BCUT2D eigenvalue weighted by Crippen LogP contribution is -2.23. The van der Waals surface area contributed by atoms with Gasteiger partial charge in [-0.25, -0.2) is 0 Å². The van der Waals surface area contributed by atoms with Crippen LogP contribution in [0.25, 0.3) is 0 Å². The molecule has 0 fully saturated rings. The van der Waals surface area contributed by atoms with Crippen LogP contribution >= 0.6 is 45.3 Å². The summed E-state index contributed by atoms with van der Waals surface area (Å²) in [7, 11) is 0. The molecule has 0 saturated heterocycles. The molecule has 0 aliphatic rings. The number of nitrogens with one attached hydrogen (secondary N) is 1. The van der Waals surface area contributed by atoms with Gasteiger partial charge in [-0.05, 0) is 69.2 Å². The topological polar surface area (TPSA) is 49.3 Å². The molecule has 0 aliphatic carbocycles. The Balaban J connectivity index is 1.64. The molecule has 2 N–H and O–H groups in total. The molecule has 2 aromatic heterocycles. The predicted molar refractivity (Wildman–Crippen MR) is 103 cm³/mol. The molecule has 3 rings (SSSR count). The van der Waals surface area contributed by atoms with E-state index < -0.39 is 6.10 Å². The summed E-state index contributed by atoms with van der Waals surface area (Å²) >= 11 is 5.25. The summed E-state index contributed by atoms with van der Waals surface area (Å²) in [6.07, 6.45) is -0.592. The van der Waals surface area contributed by atoms with Gasteiger partial charge in [0.05, 0.1) is 12.1 Å². The molecule has 118 valence electrons. The van der Waals surface area contributed by atoms with Crippen LogP contribution in [0.5, 0.6) is 0 Å². The number of hydrogen-bond donors (Lipinski definition) is 2. The highest BCUT2D eigenvalue weighted by molar-refractivity contribution is 14.1. The van der Waals surface area contributed by atoms with E-state index in [9.17, 15) is 9.90 Å². The maximum atomic E-state index is 12.2. The molecule has 0 saturated carbocycles. The minimum absolute atomic E-state index is 0.0802. The van der Waals surface area contributed by atoms with Crippen LogP contribution in [-0.4, -0.2) is 11.0 Å². The number of aliphatic hydroxyl groups excluding tert-OH is 1. The maximum absolute atomic E-state index is 12.2. The van der Waals surface area contributed by atoms with Gasteiger partial charge in [0.15, 0.2) is 0 Å². The van der Waals surface area contributed by atoms with Crippen LogP contribution in [0, 0.1) is 3.57 Å². The zero-order chi connectivity index (χ0) is 16.2. The first-order chi connectivity index (χ1) is 11.1. The summed E-state index contributed by atoms with van der Waals surface area (Å²) in [5.74, 6) is -0.0802. The zero-order valence-electron chi connectivity index (χ0n) is 12.0. The van der Waals surface area contributed by atoms with E-state index in [1.54, 1.807) is 11.3 Å². The first-order valence-corrected chi connectivity index (χ1v) is 9.80. The third-order valence-electron chi connectivity index (χ3n) is 3.35. The average molecular weight is 455 g/mol. The highest BCUT2D eigenvalue weighted by atomic mass is 127. The Kier molecular flexibility index (Phi) is 5.47. The lowest BCUT2D eigenvalue weighted by molar-refractivity contribution is 0.0950. The van der Waals surface area contributed by atoms with Gasteiger partial charge >= 0.3 is 0 Å². The van der Waals surface area contributed by atoms with Crippen LogP contribution in [0.2, 0.25) is 0 Å². The standard InChI is InChI=1S/C17H14INO2S2/c18-14-4-2-1-3-13(14)17(21)19-9-12-5-6-15(23-12)16(20)11-7-8-22-10-11/h1-8,10,16,20H,9H2,(H,19,21). The third-order valence-corrected chi connectivity index (χ3v) is 6.13. The summed E-state index contributed by atoms with van der Waals surface area (Å²) in [5, 5.41) is 17.1. The number of carbonyl (C=O) groups excluding carboxylic acids is 1. The first-order valence-electron chi connectivity index (χ1n) is 6.96. The molecule has 1 aromatic carbocycles. The Labute approximate surface area is 156 Å². The van der Waals surface area contributed by atoms with Crippen molar-refractivity contribution >= 4 is 51.2 Å². The molecular formula is C17H14INO2S2. The second kappa shape index (κ2) is 7.57. The normalized spacial score (nSPS) is 12.1. The molecule has 2 heterocycles. The van der Waals surface area contributed by atoms with Crippen molar-refractivity contribution in [1.29, 1.82) is 0 Å². The van der Waals surface area contributed by atoms with Crippen LogP contribution in [-0.2, 0) is 6.54 Å². The van der Waals surface area contributed by atoms with Gasteiger partial charge < -0.3 is 10.4 Å².